The fraction of sp³-hybridized carbons (Fsp3) is 0.857. The van der Waals surface area contributed by atoms with Crippen LogP contribution in [0, 0.1) is 11.8 Å². The minimum absolute atomic E-state index is 0.308. The fourth-order valence-corrected chi connectivity index (χ4v) is 0.935. The number of aldehydes is 1. The van der Waals surface area contributed by atoms with Gasteiger partial charge in [0.15, 0.2) is 0 Å². The van der Waals surface area contributed by atoms with Crippen molar-refractivity contribution < 1.29 is 4.79 Å². The van der Waals surface area contributed by atoms with Gasteiger partial charge in [0.2, 0.25) is 0 Å². The van der Waals surface area contributed by atoms with Gasteiger partial charge in [0.1, 0.15) is 6.29 Å². The molecule has 1 aliphatic rings. The number of carbonyl (C=O) groups is 1. The van der Waals surface area contributed by atoms with Crippen molar-refractivity contribution in [1.29, 1.82) is 0 Å². The summed E-state index contributed by atoms with van der Waals surface area (Å²) in [7, 11) is 0. The molecule has 1 nitrogen and oxygen atoms in total. The maximum absolute atomic E-state index is 10.1. The third-order valence-electron chi connectivity index (χ3n) is 1.63. The van der Waals surface area contributed by atoms with Crippen LogP contribution in [0.5, 0.6) is 0 Å². The van der Waals surface area contributed by atoms with Gasteiger partial charge in [-0.2, -0.15) is 0 Å². The summed E-state index contributed by atoms with van der Waals surface area (Å²) in [6.07, 6.45) is 4.90. The first-order valence-electron chi connectivity index (χ1n) is 3.28. The lowest BCUT2D eigenvalue weighted by molar-refractivity contribution is -0.110. The van der Waals surface area contributed by atoms with Gasteiger partial charge in [-0.25, -0.2) is 0 Å². The molecule has 0 aromatic carbocycles. The number of hydrogen-bond acceptors (Lipinski definition) is 1. The molecule has 1 aliphatic carbocycles. The number of carbonyl (C=O) groups excluding carboxylic acids is 1. The highest BCUT2D eigenvalue weighted by molar-refractivity contribution is 5.52. The minimum atomic E-state index is 0.308. The average Bonchev–Trinajstić information content (AvgIpc) is 2.50. The van der Waals surface area contributed by atoms with Gasteiger partial charge in [0.05, 0.1) is 0 Å². The zero-order valence-corrected chi connectivity index (χ0v) is 5.26. The lowest BCUT2D eigenvalue weighted by Crippen LogP contribution is -1.95. The molecular weight excluding hydrogens is 100 g/mol. The molecule has 1 atom stereocenters. The Morgan fingerprint density at radius 2 is 2.38 bits per heavy atom. The van der Waals surface area contributed by atoms with Crippen molar-refractivity contribution in [3.05, 3.63) is 0 Å². The lowest BCUT2D eigenvalue weighted by atomic mass is 10.1. The van der Waals surface area contributed by atoms with E-state index in [-0.39, 0.29) is 0 Å². The zero-order valence-electron chi connectivity index (χ0n) is 5.26. The Bertz CT molecular complexity index is 84.4. The molecule has 0 aliphatic heterocycles. The molecule has 46 valence electrons. The molecule has 1 unspecified atom stereocenters. The molecule has 0 bridgehead atoms. The molecular formula is C7H12O. The number of rotatable bonds is 3. The third-order valence-corrected chi connectivity index (χ3v) is 1.63. The van der Waals surface area contributed by atoms with E-state index in [1.165, 1.54) is 12.8 Å². The molecule has 0 heterocycles. The van der Waals surface area contributed by atoms with Gasteiger partial charge in [-0.05, 0) is 12.3 Å². The van der Waals surface area contributed by atoms with Crippen LogP contribution in [0.3, 0.4) is 0 Å². The summed E-state index contributed by atoms with van der Waals surface area (Å²) in [5, 5.41) is 0. The van der Waals surface area contributed by atoms with Gasteiger partial charge in [-0.15, -0.1) is 0 Å². The van der Waals surface area contributed by atoms with Crippen molar-refractivity contribution in [2.45, 2.75) is 26.2 Å². The molecule has 8 heavy (non-hydrogen) atoms. The van der Waals surface area contributed by atoms with Crippen LogP contribution in [0.4, 0.5) is 0 Å². The molecule has 0 amide bonds. The van der Waals surface area contributed by atoms with Gasteiger partial charge in [-0.3, -0.25) is 0 Å². The minimum Gasteiger partial charge on any atom is -0.303 e. The fourth-order valence-electron chi connectivity index (χ4n) is 0.935. The van der Waals surface area contributed by atoms with E-state index in [0.29, 0.717) is 5.92 Å². The van der Waals surface area contributed by atoms with E-state index in [9.17, 15) is 4.79 Å². The molecule has 1 saturated carbocycles. The summed E-state index contributed by atoms with van der Waals surface area (Å²) < 4.78 is 0. The van der Waals surface area contributed by atoms with Gasteiger partial charge >= 0.3 is 0 Å². The largest absolute Gasteiger partial charge is 0.303 e. The average molecular weight is 112 g/mol. The zero-order chi connectivity index (χ0) is 5.98. The van der Waals surface area contributed by atoms with E-state index in [4.69, 9.17) is 0 Å². The SMILES string of the molecule is CC(C=O)CC1CC1. The Hall–Kier alpha value is -0.330. The summed E-state index contributed by atoms with van der Waals surface area (Å²) in [6, 6.07) is 0. The second-order valence-corrected chi connectivity index (χ2v) is 2.79. The Morgan fingerprint density at radius 1 is 1.75 bits per heavy atom. The van der Waals surface area contributed by atoms with Crippen LogP contribution in [0.25, 0.3) is 0 Å². The van der Waals surface area contributed by atoms with Crippen LogP contribution in [-0.2, 0) is 4.79 Å². The maximum Gasteiger partial charge on any atom is 0.122 e. The first kappa shape index (κ1) is 5.80. The predicted molar refractivity (Wildman–Crippen MR) is 32.6 cm³/mol. The predicted octanol–water partition coefficient (Wildman–Crippen LogP) is 1.62. The van der Waals surface area contributed by atoms with E-state index in [2.05, 4.69) is 0 Å². The lowest BCUT2D eigenvalue weighted by Gasteiger charge is -1.96. The first-order chi connectivity index (χ1) is 3.83. The molecule has 0 aromatic heterocycles. The molecule has 0 saturated heterocycles. The second kappa shape index (κ2) is 2.29. The van der Waals surface area contributed by atoms with Crippen LogP contribution in [0.1, 0.15) is 26.2 Å². The van der Waals surface area contributed by atoms with Crippen molar-refractivity contribution in [3.63, 3.8) is 0 Å². The molecule has 1 rings (SSSR count). The van der Waals surface area contributed by atoms with Gasteiger partial charge < -0.3 is 4.79 Å². The molecule has 0 aromatic rings. The molecule has 0 radical (unpaired) electrons. The van der Waals surface area contributed by atoms with Crippen molar-refractivity contribution in [1.82, 2.24) is 0 Å². The van der Waals surface area contributed by atoms with Crippen LogP contribution < -0.4 is 0 Å². The van der Waals surface area contributed by atoms with Gasteiger partial charge in [0, 0.05) is 5.92 Å². The highest BCUT2D eigenvalue weighted by atomic mass is 16.1. The van der Waals surface area contributed by atoms with E-state index in [1.807, 2.05) is 6.92 Å². The normalized spacial score (nSPS) is 22.6. The standard InChI is InChI=1S/C7H12O/c1-6(5-8)4-7-2-3-7/h5-7H,2-4H2,1H3. The molecule has 1 heteroatoms. The number of hydrogen-bond donors (Lipinski definition) is 0. The maximum atomic E-state index is 10.1. The second-order valence-electron chi connectivity index (χ2n) is 2.79. The summed E-state index contributed by atoms with van der Waals surface area (Å²) >= 11 is 0. The summed E-state index contributed by atoms with van der Waals surface area (Å²) in [6.45, 7) is 1.99. The van der Waals surface area contributed by atoms with Crippen molar-refractivity contribution in [3.8, 4) is 0 Å². The summed E-state index contributed by atoms with van der Waals surface area (Å²) in [4.78, 5) is 10.1. The Kier molecular flexibility index (Phi) is 1.66. The molecule has 1 fully saturated rings. The van der Waals surface area contributed by atoms with Crippen molar-refractivity contribution in [2.75, 3.05) is 0 Å². The smallest absolute Gasteiger partial charge is 0.122 e. The Labute approximate surface area is 50.1 Å². The quantitative estimate of drug-likeness (QED) is 0.507. The van der Waals surface area contributed by atoms with Gasteiger partial charge in [-0.1, -0.05) is 19.8 Å². The van der Waals surface area contributed by atoms with Crippen molar-refractivity contribution in [2.24, 2.45) is 11.8 Å². The monoisotopic (exact) mass is 112 g/mol. The highest BCUT2D eigenvalue weighted by Crippen LogP contribution is 2.34. The highest BCUT2D eigenvalue weighted by Gasteiger charge is 2.22. The Balaban J connectivity index is 2.06. The topological polar surface area (TPSA) is 17.1 Å². The van der Waals surface area contributed by atoms with E-state index in [0.717, 1.165) is 18.6 Å². The van der Waals surface area contributed by atoms with E-state index < -0.39 is 0 Å². The van der Waals surface area contributed by atoms with Crippen LogP contribution in [0.15, 0.2) is 0 Å². The van der Waals surface area contributed by atoms with Crippen LogP contribution in [0.2, 0.25) is 0 Å². The third kappa shape index (κ3) is 1.65. The van der Waals surface area contributed by atoms with E-state index >= 15 is 0 Å². The molecule has 0 N–H and O–H groups in total. The summed E-state index contributed by atoms with van der Waals surface area (Å²) in [5.74, 6) is 1.21. The van der Waals surface area contributed by atoms with Gasteiger partial charge in [0.25, 0.3) is 0 Å². The Morgan fingerprint density at radius 3 is 2.75 bits per heavy atom. The first-order valence-corrected chi connectivity index (χ1v) is 3.28. The molecule has 0 spiro atoms. The summed E-state index contributed by atoms with van der Waals surface area (Å²) in [5.41, 5.74) is 0. The van der Waals surface area contributed by atoms with Crippen LogP contribution in [-0.4, -0.2) is 6.29 Å². The van der Waals surface area contributed by atoms with E-state index in [1.54, 1.807) is 0 Å². The van der Waals surface area contributed by atoms with Crippen molar-refractivity contribution >= 4 is 6.29 Å². The van der Waals surface area contributed by atoms with Crippen LogP contribution >= 0.6 is 0 Å².